The fourth-order valence-electron chi connectivity index (χ4n) is 5.09. The third-order valence-corrected chi connectivity index (χ3v) is 6.25. The van der Waals surface area contributed by atoms with Gasteiger partial charge in [0.1, 0.15) is 0 Å². The van der Waals surface area contributed by atoms with Crippen molar-refractivity contribution in [3.05, 3.63) is 11.6 Å². The fourth-order valence-corrected chi connectivity index (χ4v) is 5.09. The van der Waals surface area contributed by atoms with E-state index in [4.69, 9.17) is 4.74 Å². The van der Waals surface area contributed by atoms with Crippen LogP contribution in [-0.2, 0) is 4.74 Å². The Balaban J connectivity index is 2.01. The van der Waals surface area contributed by atoms with Gasteiger partial charge in [0.2, 0.25) is 0 Å². The minimum atomic E-state index is 0.0379. The predicted octanol–water partition coefficient (Wildman–Crippen LogP) is 3.83. The zero-order chi connectivity index (χ0) is 13.8. The maximum absolute atomic E-state index is 6.10. The summed E-state index contributed by atoms with van der Waals surface area (Å²) in [6.07, 6.45) is 7.82. The summed E-state index contributed by atoms with van der Waals surface area (Å²) in [6, 6.07) is 0.666. The first-order valence-electron chi connectivity index (χ1n) is 7.86. The SMILES string of the molecule is CC1=CCC[C@]2(C)CC[C@@H]3[C@@H]([C@@H]12)N(C)COC3(C)C. The number of allylic oxidation sites excluding steroid dienone is 1. The van der Waals surface area contributed by atoms with E-state index in [9.17, 15) is 0 Å². The number of hydrogen-bond donors (Lipinski definition) is 0. The van der Waals surface area contributed by atoms with Crippen molar-refractivity contribution in [1.29, 1.82) is 0 Å². The van der Waals surface area contributed by atoms with Crippen LogP contribution in [0.5, 0.6) is 0 Å². The molecule has 2 nitrogen and oxygen atoms in total. The van der Waals surface area contributed by atoms with Gasteiger partial charge in [-0.05, 0) is 58.9 Å². The summed E-state index contributed by atoms with van der Waals surface area (Å²) in [7, 11) is 2.25. The Morgan fingerprint density at radius 3 is 2.74 bits per heavy atom. The van der Waals surface area contributed by atoms with E-state index in [0.717, 1.165) is 12.6 Å². The van der Waals surface area contributed by atoms with Crippen molar-refractivity contribution in [3.8, 4) is 0 Å². The van der Waals surface area contributed by atoms with Crippen LogP contribution in [0.3, 0.4) is 0 Å². The monoisotopic (exact) mass is 263 g/mol. The summed E-state index contributed by atoms with van der Waals surface area (Å²) >= 11 is 0. The molecule has 0 amide bonds. The lowest BCUT2D eigenvalue weighted by atomic mass is 9.53. The third kappa shape index (κ3) is 1.99. The van der Waals surface area contributed by atoms with Gasteiger partial charge in [0.05, 0.1) is 12.3 Å². The van der Waals surface area contributed by atoms with E-state index in [2.05, 4.69) is 45.7 Å². The van der Waals surface area contributed by atoms with Gasteiger partial charge in [-0.15, -0.1) is 0 Å². The Morgan fingerprint density at radius 2 is 2.00 bits per heavy atom. The molecule has 3 rings (SSSR count). The number of rotatable bonds is 0. The van der Waals surface area contributed by atoms with Crippen LogP contribution in [0.25, 0.3) is 0 Å². The molecule has 1 aliphatic heterocycles. The average Bonchev–Trinajstić information content (AvgIpc) is 2.33. The molecule has 0 N–H and O–H groups in total. The van der Waals surface area contributed by atoms with E-state index >= 15 is 0 Å². The highest BCUT2D eigenvalue weighted by Gasteiger charge is 2.55. The van der Waals surface area contributed by atoms with Gasteiger partial charge in [-0.3, -0.25) is 4.90 Å². The van der Waals surface area contributed by atoms with E-state index in [1.807, 2.05) is 0 Å². The standard InChI is InChI=1S/C17H29NO/c1-12-7-6-9-17(4)10-8-13-15(14(12)17)18(5)11-19-16(13,2)3/h7,13-15H,6,8-11H2,1-5H3/t13-,14-,15+,17-/m1/s1. The molecule has 1 heterocycles. The maximum atomic E-state index is 6.10. The molecule has 108 valence electrons. The summed E-state index contributed by atoms with van der Waals surface area (Å²) < 4.78 is 6.10. The highest BCUT2D eigenvalue weighted by Crippen LogP contribution is 2.56. The maximum Gasteiger partial charge on any atom is 0.0997 e. The quantitative estimate of drug-likeness (QED) is 0.616. The zero-order valence-electron chi connectivity index (χ0n) is 13.2. The molecule has 1 saturated heterocycles. The van der Waals surface area contributed by atoms with Gasteiger partial charge in [-0.1, -0.05) is 18.6 Å². The Labute approximate surface area is 118 Å². The second-order valence-corrected chi connectivity index (χ2v) is 7.89. The smallest absolute Gasteiger partial charge is 0.0997 e. The van der Waals surface area contributed by atoms with Crippen molar-refractivity contribution in [2.45, 2.75) is 65.0 Å². The van der Waals surface area contributed by atoms with Crippen molar-refractivity contribution in [3.63, 3.8) is 0 Å². The van der Waals surface area contributed by atoms with Crippen LogP contribution in [0.4, 0.5) is 0 Å². The number of fused-ring (bicyclic) bond motifs is 3. The average molecular weight is 263 g/mol. The summed E-state index contributed by atoms with van der Waals surface area (Å²) in [6.45, 7) is 10.3. The molecule has 3 aliphatic rings. The Morgan fingerprint density at radius 1 is 1.26 bits per heavy atom. The molecule has 1 saturated carbocycles. The first-order chi connectivity index (χ1) is 8.85. The summed E-state index contributed by atoms with van der Waals surface area (Å²) in [5, 5.41) is 0. The Kier molecular flexibility index (Phi) is 3.10. The van der Waals surface area contributed by atoms with Crippen molar-refractivity contribution in [2.24, 2.45) is 17.3 Å². The van der Waals surface area contributed by atoms with E-state index in [-0.39, 0.29) is 5.60 Å². The second kappa shape index (κ2) is 4.33. The van der Waals surface area contributed by atoms with Gasteiger partial charge in [-0.25, -0.2) is 0 Å². The Hall–Kier alpha value is -0.340. The first-order valence-corrected chi connectivity index (χ1v) is 7.86. The lowest BCUT2D eigenvalue weighted by Gasteiger charge is -2.60. The molecular formula is C17H29NO. The van der Waals surface area contributed by atoms with Crippen LogP contribution in [0.15, 0.2) is 11.6 Å². The normalized spacial score (nSPS) is 46.2. The molecule has 2 fully saturated rings. The van der Waals surface area contributed by atoms with Gasteiger partial charge >= 0.3 is 0 Å². The lowest BCUT2D eigenvalue weighted by molar-refractivity contribution is -0.207. The molecule has 4 atom stereocenters. The summed E-state index contributed by atoms with van der Waals surface area (Å²) in [4.78, 5) is 2.47. The molecule has 0 aromatic heterocycles. The molecule has 0 radical (unpaired) electrons. The topological polar surface area (TPSA) is 12.5 Å². The number of ether oxygens (including phenoxy) is 1. The predicted molar refractivity (Wildman–Crippen MR) is 78.9 cm³/mol. The van der Waals surface area contributed by atoms with Crippen LogP contribution in [0.1, 0.15) is 53.4 Å². The van der Waals surface area contributed by atoms with Crippen LogP contribution in [0.2, 0.25) is 0 Å². The number of nitrogens with zero attached hydrogens (tertiary/aromatic N) is 1. The van der Waals surface area contributed by atoms with E-state index in [0.29, 0.717) is 17.4 Å². The van der Waals surface area contributed by atoms with E-state index in [1.165, 1.54) is 25.7 Å². The molecule has 0 spiro atoms. The van der Waals surface area contributed by atoms with Crippen molar-refractivity contribution >= 4 is 0 Å². The van der Waals surface area contributed by atoms with E-state index in [1.54, 1.807) is 5.57 Å². The lowest BCUT2D eigenvalue weighted by Crippen LogP contribution is -2.63. The highest BCUT2D eigenvalue weighted by atomic mass is 16.5. The van der Waals surface area contributed by atoms with Crippen LogP contribution in [-0.4, -0.2) is 30.3 Å². The molecule has 0 bridgehead atoms. The van der Waals surface area contributed by atoms with Crippen molar-refractivity contribution in [1.82, 2.24) is 4.90 Å². The molecule has 2 heteroatoms. The Bertz CT molecular complexity index is 400. The fraction of sp³-hybridized carbons (Fsp3) is 0.882. The molecule has 0 aromatic rings. The molecule has 0 aromatic carbocycles. The largest absolute Gasteiger partial charge is 0.360 e. The van der Waals surface area contributed by atoms with Crippen LogP contribution < -0.4 is 0 Å². The first kappa shape index (κ1) is 13.6. The van der Waals surface area contributed by atoms with Crippen molar-refractivity contribution < 1.29 is 4.74 Å². The zero-order valence-corrected chi connectivity index (χ0v) is 13.2. The van der Waals surface area contributed by atoms with Gasteiger partial charge in [0.15, 0.2) is 0 Å². The summed E-state index contributed by atoms with van der Waals surface area (Å²) in [5.74, 6) is 1.40. The van der Waals surface area contributed by atoms with Gasteiger partial charge in [0, 0.05) is 17.9 Å². The summed E-state index contributed by atoms with van der Waals surface area (Å²) in [5.41, 5.74) is 2.19. The van der Waals surface area contributed by atoms with Gasteiger partial charge in [0.25, 0.3) is 0 Å². The highest BCUT2D eigenvalue weighted by molar-refractivity contribution is 5.20. The molecular weight excluding hydrogens is 234 g/mol. The third-order valence-electron chi connectivity index (χ3n) is 6.25. The molecule has 19 heavy (non-hydrogen) atoms. The van der Waals surface area contributed by atoms with Gasteiger partial charge < -0.3 is 4.74 Å². The van der Waals surface area contributed by atoms with Crippen LogP contribution in [0, 0.1) is 17.3 Å². The minimum Gasteiger partial charge on any atom is -0.360 e. The minimum absolute atomic E-state index is 0.0379. The molecule has 0 unspecified atom stereocenters. The van der Waals surface area contributed by atoms with Gasteiger partial charge in [-0.2, -0.15) is 0 Å². The second-order valence-electron chi connectivity index (χ2n) is 7.89. The van der Waals surface area contributed by atoms with Crippen LogP contribution >= 0.6 is 0 Å². The van der Waals surface area contributed by atoms with Crippen molar-refractivity contribution in [2.75, 3.05) is 13.8 Å². The van der Waals surface area contributed by atoms with E-state index < -0.39 is 0 Å². The number of hydrogen-bond acceptors (Lipinski definition) is 2. The molecule has 2 aliphatic carbocycles.